The highest BCUT2D eigenvalue weighted by atomic mass is 28.4. The molecular weight excluding hydrogens is 364 g/mol. The Labute approximate surface area is 151 Å². The van der Waals surface area contributed by atoms with Crippen molar-refractivity contribution >= 4 is 30.0 Å². The maximum atomic E-state index is 12.3. The first-order chi connectivity index (χ1) is 11.9. The highest BCUT2D eigenvalue weighted by Crippen LogP contribution is 2.13. The topological polar surface area (TPSA) is 89.5 Å². The summed E-state index contributed by atoms with van der Waals surface area (Å²) in [5.74, 6) is -0.985. The fraction of sp³-hybridized carbons (Fsp3) is 0.600. The van der Waals surface area contributed by atoms with E-state index in [1.807, 2.05) is 6.92 Å². The minimum Gasteiger partial charge on any atom is -0.493 e. The van der Waals surface area contributed by atoms with Crippen molar-refractivity contribution in [2.24, 2.45) is 0 Å². The summed E-state index contributed by atoms with van der Waals surface area (Å²) in [7, 11) is -0.880. The summed E-state index contributed by atoms with van der Waals surface area (Å²) >= 11 is 0. The van der Waals surface area contributed by atoms with Gasteiger partial charge in [0.15, 0.2) is 0 Å². The lowest BCUT2D eigenvalue weighted by atomic mass is 10.4. The van der Waals surface area contributed by atoms with Crippen LogP contribution in [-0.2, 0) is 36.5 Å². The number of carbonyl (C=O) groups excluding carboxylic acids is 2. The summed E-state index contributed by atoms with van der Waals surface area (Å²) in [6.45, 7) is 7.41. The maximum absolute atomic E-state index is 12.3. The van der Waals surface area contributed by atoms with Gasteiger partial charge in [0.05, 0.1) is 6.61 Å². The van der Waals surface area contributed by atoms with E-state index >= 15 is 0 Å². The number of rotatable bonds is 13. The van der Waals surface area contributed by atoms with E-state index in [0.29, 0.717) is 24.6 Å². The highest BCUT2D eigenvalue weighted by Gasteiger charge is 2.36. The predicted molar refractivity (Wildman–Crippen MR) is 96.0 cm³/mol. The lowest BCUT2D eigenvalue weighted by molar-refractivity contribution is -0.138. The summed E-state index contributed by atoms with van der Waals surface area (Å²) in [5, 5.41) is 0. The van der Waals surface area contributed by atoms with Crippen LogP contribution in [0.2, 0.25) is 6.04 Å². The van der Waals surface area contributed by atoms with Crippen LogP contribution >= 0.6 is 0 Å². The molecule has 0 rings (SSSR count). The van der Waals surface area contributed by atoms with Crippen molar-refractivity contribution in [3.8, 4) is 0 Å². The second-order valence-electron chi connectivity index (χ2n) is 4.85. The van der Waals surface area contributed by atoms with E-state index in [4.69, 9.17) is 26.9 Å². The van der Waals surface area contributed by atoms with Crippen molar-refractivity contribution in [3.63, 3.8) is 0 Å². The predicted octanol–water partition coefficient (Wildman–Crippen LogP) is 1.27. The standard InChI is InChI=1S/C15H28O8Si2/c1-7-14(16)21-10-9-11-24(22-8-2)23-15(17)13(3)12-25(18-4,19-5)20-6/h7,12,24H,1,8-11H2,2-6H3. The summed E-state index contributed by atoms with van der Waals surface area (Å²) in [6, 6.07) is 0.526. The Morgan fingerprint density at radius 2 is 1.76 bits per heavy atom. The van der Waals surface area contributed by atoms with Crippen LogP contribution in [0.1, 0.15) is 20.3 Å². The molecule has 0 saturated heterocycles. The molecule has 8 nitrogen and oxygen atoms in total. The molecule has 144 valence electrons. The molecule has 0 fully saturated rings. The van der Waals surface area contributed by atoms with Gasteiger partial charge in [0, 0.05) is 45.6 Å². The van der Waals surface area contributed by atoms with E-state index in [9.17, 15) is 9.59 Å². The molecule has 25 heavy (non-hydrogen) atoms. The van der Waals surface area contributed by atoms with Crippen LogP contribution in [0.5, 0.6) is 0 Å². The third kappa shape index (κ3) is 9.09. The fourth-order valence-corrected chi connectivity index (χ4v) is 4.96. The van der Waals surface area contributed by atoms with E-state index in [2.05, 4.69) is 6.58 Å². The van der Waals surface area contributed by atoms with Crippen LogP contribution in [0, 0.1) is 0 Å². The molecule has 10 heteroatoms. The van der Waals surface area contributed by atoms with E-state index in [0.717, 1.165) is 6.08 Å². The third-order valence-electron chi connectivity index (χ3n) is 3.16. The van der Waals surface area contributed by atoms with E-state index in [1.54, 1.807) is 6.92 Å². The van der Waals surface area contributed by atoms with Gasteiger partial charge >= 0.3 is 30.0 Å². The van der Waals surface area contributed by atoms with E-state index < -0.39 is 30.0 Å². The highest BCUT2D eigenvalue weighted by molar-refractivity contribution is 6.66. The molecule has 0 spiro atoms. The summed E-state index contributed by atoms with van der Waals surface area (Å²) in [5.41, 5.74) is 1.85. The summed E-state index contributed by atoms with van der Waals surface area (Å²) in [4.78, 5) is 23.2. The first-order valence-corrected chi connectivity index (χ1v) is 11.4. The first-order valence-electron chi connectivity index (χ1n) is 7.84. The largest absolute Gasteiger partial charge is 0.529 e. The maximum Gasteiger partial charge on any atom is 0.529 e. The molecule has 0 bridgehead atoms. The molecule has 0 aromatic rings. The molecule has 0 saturated carbocycles. The molecule has 0 aromatic carbocycles. The normalized spacial score (nSPS) is 13.2. The molecule has 0 aromatic heterocycles. The van der Waals surface area contributed by atoms with Gasteiger partial charge in [-0.05, 0) is 26.0 Å². The smallest absolute Gasteiger partial charge is 0.493 e. The van der Waals surface area contributed by atoms with Gasteiger partial charge in [-0.25, -0.2) is 9.59 Å². The van der Waals surface area contributed by atoms with Gasteiger partial charge < -0.3 is 26.9 Å². The Balaban J connectivity index is 4.70. The second kappa shape index (κ2) is 13.0. The van der Waals surface area contributed by atoms with Crippen molar-refractivity contribution in [3.05, 3.63) is 23.9 Å². The van der Waals surface area contributed by atoms with Gasteiger partial charge in [-0.1, -0.05) is 6.58 Å². The number of esters is 1. The van der Waals surface area contributed by atoms with Crippen LogP contribution < -0.4 is 0 Å². The van der Waals surface area contributed by atoms with Crippen molar-refractivity contribution in [2.75, 3.05) is 34.5 Å². The molecule has 1 atom stereocenters. The van der Waals surface area contributed by atoms with Crippen LogP contribution in [0.25, 0.3) is 0 Å². The Morgan fingerprint density at radius 1 is 1.16 bits per heavy atom. The molecule has 0 aliphatic carbocycles. The fourth-order valence-electron chi connectivity index (χ4n) is 1.81. The van der Waals surface area contributed by atoms with Crippen LogP contribution in [0.15, 0.2) is 23.9 Å². The molecule has 0 aliphatic heterocycles. The quantitative estimate of drug-likeness (QED) is 0.200. The Hall–Kier alpha value is -1.31. The Bertz CT molecular complexity index is 454. The Kier molecular flexibility index (Phi) is 12.3. The summed E-state index contributed by atoms with van der Waals surface area (Å²) in [6.07, 6.45) is 1.64. The number of carbonyl (C=O) groups is 2. The Morgan fingerprint density at radius 3 is 2.24 bits per heavy atom. The molecular formula is C15H28O8Si2. The monoisotopic (exact) mass is 392 g/mol. The minimum absolute atomic E-state index is 0.223. The van der Waals surface area contributed by atoms with Gasteiger partial charge in [-0.3, -0.25) is 0 Å². The zero-order valence-electron chi connectivity index (χ0n) is 15.5. The SMILES string of the molecule is C=CC(=O)OCCC[SiH](OCC)OC(=O)C(C)=C[Si](OC)(OC)OC. The molecule has 0 aliphatic rings. The van der Waals surface area contributed by atoms with E-state index in [-0.39, 0.29) is 6.61 Å². The first kappa shape index (κ1) is 23.7. The van der Waals surface area contributed by atoms with Gasteiger partial charge in [0.2, 0.25) is 0 Å². The minimum atomic E-state index is -3.02. The lowest BCUT2D eigenvalue weighted by Crippen LogP contribution is -2.42. The molecule has 0 N–H and O–H groups in total. The van der Waals surface area contributed by atoms with Gasteiger partial charge in [-0.2, -0.15) is 0 Å². The van der Waals surface area contributed by atoms with E-state index in [1.165, 1.54) is 27.0 Å². The molecule has 0 radical (unpaired) electrons. The van der Waals surface area contributed by atoms with Gasteiger partial charge in [-0.15, -0.1) is 0 Å². The van der Waals surface area contributed by atoms with Crippen LogP contribution in [-0.4, -0.2) is 64.6 Å². The van der Waals surface area contributed by atoms with Gasteiger partial charge in [0.1, 0.15) is 0 Å². The summed E-state index contributed by atoms with van der Waals surface area (Å²) < 4.78 is 31.7. The molecule has 1 unspecified atom stereocenters. The van der Waals surface area contributed by atoms with Crippen molar-refractivity contribution < 1.29 is 36.5 Å². The number of hydrogen-bond donors (Lipinski definition) is 0. The van der Waals surface area contributed by atoms with Crippen molar-refractivity contribution in [2.45, 2.75) is 26.3 Å². The molecule has 0 amide bonds. The zero-order chi connectivity index (χ0) is 19.3. The lowest BCUT2D eigenvalue weighted by Gasteiger charge is -2.22. The number of hydrogen-bond acceptors (Lipinski definition) is 8. The van der Waals surface area contributed by atoms with Crippen LogP contribution in [0.4, 0.5) is 0 Å². The average Bonchev–Trinajstić information content (AvgIpc) is 2.62. The van der Waals surface area contributed by atoms with Crippen molar-refractivity contribution in [1.82, 2.24) is 0 Å². The third-order valence-corrected chi connectivity index (χ3v) is 7.71. The van der Waals surface area contributed by atoms with Gasteiger partial charge in [0.25, 0.3) is 0 Å². The average molecular weight is 393 g/mol. The van der Waals surface area contributed by atoms with Crippen molar-refractivity contribution in [1.29, 1.82) is 0 Å². The second-order valence-corrected chi connectivity index (χ2v) is 9.57. The number of ether oxygens (including phenoxy) is 1. The zero-order valence-corrected chi connectivity index (χ0v) is 17.7. The molecule has 0 heterocycles. The van der Waals surface area contributed by atoms with Crippen LogP contribution in [0.3, 0.4) is 0 Å².